The number of H-pyrrole nitrogens is 1. The third kappa shape index (κ3) is 6.59. The number of aromatic nitrogens is 4. The summed E-state index contributed by atoms with van der Waals surface area (Å²) in [5.74, 6) is 0.493. The van der Waals surface area contributed by atoms with Gasteiger partial charge in [-0.3, -0.25) is 9.89 Å². The minimum absolute atomic E-state index is 0.244. The molecule has 0 spiro atoms. The Morgan fingerprint density at radius 1 is 1.21 bits per heavy atom. The van der Waals surface area contributed by atoms with Crippen LogP contribution in [0.15, 0.2) is 46.5 Å². The number of amides is 1. The van der Waals surface area contributed by atoms with Gasteiger partial charge in [-0.25, -0.2) is 14.4 Å². The largest absolute Gasteiger partial charge is 0.397 e. The Kier molecular flexibility index (Phi) is 6.91. The first-order chi connectivity index (χ1) is 16.1. The number of anilines is 4. The monoisotopic (exact) mass is 495 g/mol. The van der Waals surface area contributed by atoms with E-state index in [2.05, 4.69) is 30.8 Å². The molecule has 0 unspecified atom stereocenters. The molecule has 3 aromatic rings. The van der Waals surface area contributed by atoms with E-state index in [1.807, 2.05) is 17.9 Å². The molecule has 0 saturated carbocycles. The summed E-state index contributed by atoms with van der Waals surface area (Å²) in [4.78, 5) is 23.1. The highest BCUT2D eigenvalue weighted by Crippen LogP contribution is 2.31. The van der Waals surface area contributed by atoms with Crippen molar-refractivity contribution in [2.75, 3.05) is 28.6 Å². The molecule has 2 aromatic heterocycles. The molecule has 180 valence electrons. The molecular formula is C21H21F4N7OS. The van der Waals surface area contributed by atoms with Crippen molar-refractivity contribution in [3.63, 3.8) is 0 Å². The summed E-state index contributed by atoms with van der Waals surface area (Å²) in [5.41, 5.74) is 1.11. The average Bonchev–Trinajstić information content (AvgIpc) is 3.36. The van der Waals surface area contributed by atoms with E-state index in [9.17, 15) is 22.4 Å². The highest BCUT2D eigenvalue weighted by molar-refractivity contribution is 7.99. The third-order valence-electron chi connectivity index (χ3n) is 4.82. The van der Waals surface area contributed by atoms with Crippen molar-refractivity contribution in [3.8, 4) is 0 Å². The lowest BCUT2D eigenvalue weighted by Crippen LogP contribution is -2.21. The predicted molar refractivity (Wildman–Crippen MR) is 120 cm³/mol. The molecule has 1 aliphatic rings. The number of nitrogens with one attached hydrogen (secondary N) is 3. The van der Waals surface area contributed by atoms with Crippen LogP contribution in [0.5, 0.6) is 0 Å². The Morgan fingerprint density at radius 2 is 1.97 bits per heavy atom. The quantitative estimate of drug-likeness (QED) is 0.319. The van der Waals surface area contributed by atoms with Crippen molar-refractivity contribution in [1.82, 2.24) is 20.2 Å². The number of aromatic amines is 1. The predicted octanol–water partition coefficient (Wildman–Crippen LogP) is 4.84. The zero-order valence-corrected chi connectivity index (χ0v) is 18.8. The SMILES string of the molecule is Cc1cc(Nc2cc(N3CC[C@@H](F)C3)nc(Sc3ccc(NC(=O)CC(F)(F)F)cc3)n2)n[nH]1. The number of hydrogen-bond acceptors (Lipinski definition) is 7. The number of benzene rings is 1. The zero-order valence-electron chi connectivity index (χ0n) is 18.0. The molecule has 1 atom stereocenters. The summed E-state index contributed by atoms with van der Waals surface area (Å²) < 4.78 is 50.8. The Morgan fingerprint density at radius 3 is 2.59 bits per heavy atom. The van der Waals surface area contributed by atoms with Crippen LogP contribution in [0.2, 0.25) is 0 Å². The number of nitrogens with zero attached hydrogens (tertiary/aromatic N) is 4. The van der Waals surface area contributed by atoms with Gasteiger partial charge in [0.1, 0.15) is 24.2 Å². The smallest absolute Gasteiger partial charge is 0.353 e. The first-order valence-electron chi connectivity index (χ1n) is 10.3. The number of aryl methyl sites for hydroxylation is 1. The van der Waals surface area contributed by atoms with Gasteiger partial charge in [-0.1, -0.05) is 0 Å². The highest BCUT2D eigenvalue weighted by Gasteiger charge is 2.31. The number of carbonyl (C=O) groups excluding carboxylic acids is 1. The molecule has 34 heavy (non-hydrogen) atoms. The van der Waals surface area contributed by atoms with Gasteiger partial charge in [-0.05, 0) is 49.4 Å². The normalized spacial score (nSPS) is 16.0. The summed E-state index contributed by atoms with van der Waals surface area (Å²) >= 11 is 1.23. The molecule has 1 amide bonds. The Bertz CT molecular complexity index is 1150. The van der Waals surface area contributed by atoms with Crippen LogP contribution in [0.1, 0.15) is 18.5 Å². The fourth-order valence-electron chi connectivity index (χ4n) is 3.32. The van der Waals surface area contributed by atoms with E-state index in [0.29, 0.717) is 40.5 Å². The van der Waals surface area contributed by atoms with Crippen LogP contribution in [-0.2, 0) is 4.79 Å². The van der Waals surface area contributed by atoms with E-state index < -0.39 is 24.7 Å². The van der Waals surface area contributed by atoms with Crippen molar-refractivity contribution in [1.29, 1.82) is 0 Å². The van der Waals surface area contributed by atoms with E-state index in [0.717, 1.165) is 5.69 Å². The van der Waals surface area contributed by atoms with E-state index in [4.69, 9.17) is 0 Å². The fraction of sp³-hybridized carbons (Fsp3) is 0.333. The lowest BCUT2D eigenvalue weighted by molar-refractivity contribution is -0.150. The van der Waals surface area contributed by atoms with Gasteiger partial charge < -0.3 is 15.5 Å². The second-order valence-electron chi connectivity index (χ2n) is 7.75. The number of carbonyl (C=O) groups is 1. The minimum atomic E-state index is -4.57. The zero-order chi connectivity index (χ0) is 24.3. The number of hydrogen-bond donors (Lipinski definition) is 3. The maximum atomic E-state index is 13.8. The summed E-state index contributed by atoms with van der Waals surface area (Å²) in [6.07, 6.45) is -6.61. The van der Waals surface area contributed by atoms with Crippen LogP contribution < -0.4 is 15.5 Å². The molecule has 1 fully saturated rings. The molecule has 8 nitrogen and oxygen atoms in total. The number of halogens is 4. The van der Waals surface area contributed by atoms with E-state index in [1.165, 1.54) is 23.9 Å². The number of alkyl halides is 4. The van der Waals surface area contributed by atoms with E-state index in [1.54, 1.807) is 18.2 Å². The van der Waals surface area contributed by atoms with Crippen LogP contribution in [0.25, 0.3) is 0 Å². The molecule has 0 aliphatic carbocycles. The Balaban J connectivity index is 1.50. The molecule has 1 saturated heterocycles. The number of rotatable bonds is 7. The molecule has 3 heterocycles. The second-order valence-corrected chi connectivity index (χ2v) is 8.79. The molecule has 13 heteroatoms. The van der Waals surface area contributed by atoms with Gasteiger partial charge in [0, 0.05) is 35.0 Å². The first-order valence-corrected chi connectivity index (χ1v) is 11.2. The van der Waals surface area contributed by atoms with Gasteiger partial charge in [-0.15, -0.1) is 0 Å². The standard InChI is InChI=1S/C21H21F4N7OS/c1-12-8-17(31-30-12)27-16-9-18(32-7-6-13(22)11-32)29-20(28-16)34-15-4-2-14(3-5-15)26-19(33)10-21(23,24)25/h2-5,8-9,13H,6-7,10-11H2,1H3,(H,26,33)(H2,27,28,29,30,31)/t13-/m1/s1. The molecule has 0 radical (unpaired) electrons. The van der Waals surface area contributed by atoms with Gasteiger partial charge in [0.15, 0.2) is 11.0 Å². The maximum absolute atomic E-state index is 13.8. The molecule has 1 aromatic carbocycles. The lowest BCUT2D eigenvalue weighted by atomic mass is 10.3. The maximum Gasteiger partial charge on any atom is 0.397 e. The van der Waals surface area contributed by atoms with Crippen molar-refractivity contribution in [3.05, 3.63) is 42.1 Å². The van der Waals surface area contributed by atoms with Crippen LogP contribution in [0.3, 0.4) is 0 Å². The Labute approximate surface area is 196 Å². The molecule has 0 bridgehead atoms. The van der Waals surface area contributed by atoms with E-state index >= 15 is 0 Å². The van der Waals surface area contributed by atoms with Crippen molar-refractivity contribution < 1.29 is 22.4 Å². The second kappa shape index (κ2) is 9.87. The van der Waals surface area contributed by atoms with Crippen molar-refractivity contribution in [2.24, 2.45) is 0 Å². The van der Waals surface area contributed by atoms with Crippen LogP contribution in [0.4, 0.5) is 40.7 Å². The summed E-state index contributed by atoms with van der Waals surface area (Å²) in [6.45, 7) is 2.65. The van der Waals surface area contributed by atoms with Gasteiger partial charge in [0.25, 0.3) is 0 Å². The molecular weight excluding hydrogens is 474 g/mol. The van der Waals surface area contributed by atoms with Crippen LogP contribution >= 0.6 is 11.8 Å². The van der Waals surface area contributed by atoms with Crippen LogP contribution in [-0.4, -0.2) is 51.5 Å². The van der Waals surface area contributed by atoms with Gasteiger partial charge in [-0.2, -0.15) is 18.3 Å². The first kappa shape index (κ1) is 23.8. The van der Waals surface area contributed by atoms with Gasteiger partial charge in [0.2, 0.25) is 5.91 Å². The topological polar surface area (TPSA) is 98.8 Å². The summed E-state index contributed by atoms with van der Waals surface area (Å²) in [5, 5.41) is 12.7. The summed E-state index contributed by atoms with van der Waals surface area (Å²) in [7, 11) is 0. The fourth-order valence-corrected chi connectivity index (χ4v) is 4.09. The van der Waals surface area contributed by atoms with Crippen LogP contribution in [0, 0.1) is 6.92 Å². The van der Waals surface area contributed by atoms with E-state index in [-0.39, 0.29) is 12.2 Å². The van der Waals surface area contributed by atoms with Crippen molar-refractivity contribution >= 4 is 40.8 Å². The average molecular weight is 496 g/mol. The molecule has 1 aliphatic heterocycles. The van der Waals surface area contributed by atoms with Gasteiger partial charge in [0.05, 0.1) is 6.54 Å². The third-order valence-corrected chi connectivity index (χ3v) is 5.69. The summed E-state index contributed by atoms with van der Waals surface area (Å²) in [6, 6.07) is 9.82. The Hall–Kier alpha value is -3.35. The van der Waals surface area contributed by atoms with Crippen molar-refractivity contribution in [2.45, 2.75) is 42.2 Å². The van der Waals surface area contributed by atoms with Gasteiger partial charge >= 0.3 is 6.18 Å². The lowest BCUT2D eigenvalue weighted by Gasteiger charge is -2.18. The molecule has 3 N–H and O–H groups in total. The molecule has 4 rings (SSSR count). The highest BCUT2D eigenvalue weighted by atomic mass is 32.2. The minimum Gasteiger partial charge on any atom is -0.353 e.